The predicted molar refractivity (Wildman–Crippen MR) is 93.9 cm³/mol. The second kappa shape index (κ2) is 7.70. The molecule has 0 radical (unpaired) electrons. The molecule has 0 aliphatic carbocycles. The molecule has 0 atom stereocenters. The standard InChI is InChI=1S/C18H20BrN3O/c19-17-4-2-1-3-16(17)13-18(23)22-11-9-21(10-12-22)14-15-5-7-20-8-6-15/h1-8H,9-14H2. The van der Waals surface area contributed by atoms with Crippen molar-refractivity contribution in [1.82, 2.24) is 14.8 Å². The van der Waals surface area contributed by atoms with E-state index in [4.69, 9.17) is 0 Å². The first-order valence-electron chi connectivity index (χ1n) is 7.85. The van der Waals surface area contributed by atoms with Gasteiger partial charge in [-0.05, 0) is 29.3 Å². The first kappa shape index (κ1) is 16.1. The number of halogens is 1. The van der Waals surface area contributed by atoms with Gasteiger partial charge in [-0.1, -0.05) is 34.1 Å². The Morgan fingerprint density at radius 2 is 1.74 bits per heavy atom. The fourth-order valence-electron chi connectivity index (χ4n) is 2.82. The van der Waals surface area contributed by atoms with Crippen molar-refractivity contribution < 1.29 is 4.79 Å². The van der Waals surface area contributed by atoms with E-state index in [0.717, 1.165) is 42.8 Å². The van der Waals surface area contributed by atoms with Crippen LogP contribution in [0.2, 0.25) is 0 Å². The zero-order valence-corrected chi connectivity index (χ0v) is 14.6. The van der Waals surface area contributed by atoms with Gasteiger partial charge in [0.15, 0.2) is 0 Å². The molecule has 0 spiro atoms. The average Bonchev–Trinajstić information content (AvgIpc) is 2.58. The highest BCUT2D eigenvalue weighted by Gasteiger charge is 2.21. The SMILES string of the molecule is O=C(Cc1ccccc1Br)N1CCN(Cc2ccncc2)CC1. The van der Waals surface area contributed by atoms with E-state index >= 15 is 0 Å². The van der Waals surface area contributed by atoms with Crippen LogP contribution >= 0.6 is 15.9 Å². The number of benzene rings is 1. The molecule has 2 heterocycles. The Morgan fingerprint density at radius 3 is 2.43 bits per heavy atom. The number of piperazine rings is 1. The predicted octanol–water partition coefficient (Wildman–Crippen LogP) is 2.73. The molecule has 5 heteroatoms. The van der Waals surface area contributed by atoms with Gasteiger partial charge in [-0.2, -0.15) is 0 Å². The number of carbonyl (C=O) groups is 1. The van der Waals surface area contributed by atoms with Crippen LogP contribution in [0, 0.1) is 0 Å². The van der Waals surface area contributed by atoms with E-state index in [0.29, 0.717) is 6.42 Å². The summed E-state index contributed by atoms with van der Waals surface area (Å²) in [5.74, 6) is 0.209. The minimum absolute atomic E-state index is 0.209. The van der Waals surface area contributed by atoms with Crippen molar-refractivity contribution in [2.45, 2.75) is 13.0 Å². The molecule has 1 amide bonds. The van der Waals surface area contributed by atoms with E-state index in [-0.39, 0.29) is 5.91 Å². The third-order valence-corrected chi connectivity index (χ3v) is 4.95. The highest BCUT2D eigenvalue weighted by atomic mass is 79.9. The van der Waals surface area contributed by atoms with Gasteiger partial charge in [-0.25, -0.2) is 0 Å². The van der Waals surface area contributed by atoms with E-state index in [1.807, 2.05) is 53.7 Å². The summed E-state index contributed by atoms with van der Waals surface area (Å²) >= 11 is 3.51. The van der Waals surface area contributed by atoms with E-state index < -0.39 is 0 Å². The van der Waals surface area contributed by atoms with Gasteiger partial charge in [0, 0.05) is 49.6 Å². The Bertz CT molecular complexity index is 654. The minimum Gasteiger partial charge on any atom is -0.340 e. The molecule has 0 saturated carbocycles. The number of rotatable bonds is 4. The van der Waals surface area contributed by atoms with Crippen LogP contribution in [0.15, 0.2) is 53.3 Å². The van der Waals surface area contributed by atoms with Crippen LogP contribution < -0.4 is 0 Å². The molecule has 120 valence electrons. The minimum atomic E-state index is 0.209. The van der Waals surface area contributed by atoms with Crippen LogP contribution in [0.25, 0.3) is 0 Å². The summed E-state index contributed by atoms with van der Waals surface area (Å²) in [4.78, 5) is 20.9. The molecule has 0 bridgehead atoms. The Kier molecular flexibility index (Phi) is 5.41. The first-order chi connectivity index (χ1) is 11.2. The van der Waals surface area contributed by atoms with Gasteiger partial charge in [0.1, 0.15) is 0 Å². The van der Waals surface area contributed by atoms with Crippen molar-refractivity contribution in [1.29, 1.82) is 0 Å². The van der Waals surface area contributed by atoms with Gasteiger partial charge in [0.2, 0.25) is 5.91 Å². The highest BCUT2D eigenvalue weighted by Crippen LogP contribution is 2.17. The molecule has 0 unspecified atom stereocenters. The van der Waals surface area contributed by atoms with E-state index in [1.54, 1.807) is 0 Å². The van der Waals surface area contributed by atoms with Crippen molar-refractivity contribution in [3.8, 4) is 0 Å². The monoisotopic (exact) mass is 373 g/mol. The van der Waals surface area contributed by atoms with Crippen LogP contribution in [-0.2, 0) is 17.8 Å². The molecule has 1 aliphatic heterocycles. The molecule has 1 saturated heterocycles. The maximum Gasteiger partial charge on any atom is 0.227 e. The largest absolute Gasteiger partial charge is 0.340 e. The quantitative estimate of drug-likeness (QED) is 0.826. The maximum absolute atomic E-state index is 12.5. The van der Waals surface area contributed by atoms with Crippen LogP contribution in [0.3, 0.4) is 0 Å². The van der Waals surface area contributed by atoms with Crippen molar-refractivity contribution in [2.24, 2.45) is 0 Å². The summed E-state index contributed by atoms with van der Waals surface area (Å²) in [7, 11) is 0. The van der Waals surface area contributed by atoms with Gasteiger partial charge in [-0.15, -0.1) is 0 Å². The molecule has 3 rings (SSSR count). The second-order valence-electron chi connectivity index (χ2n) is 5.78. The molecular weight excluding hydrogens is 354 g/mol. The van der Waals surface area contributed by atoms with Crippen LogP contribution in [0.5, 0.6) is 0 Å². The first-order valence-corrected chi connectivity index (χ1v) is 8.64. The highest BCUT2D eigenvalue weighted by molar-refractivity contribution is 9.10. The van der Waals surface area contributed by atoms with E-state index in [2.05, 4.69) is 25.8 Å². The molecule has 4 nitrogen and oxygen atoms in total. The van der Waals surface area contributed by atoms with Crippen molar-refractivity contribution in [3.63, 3.8) is 0 Å². The molecule has 23 heavy (non-hydrogen) atoms. The lowest BCUT2D eigenvalue weighted by atomic mass is 10.1. The normalized spacial score (nSPS) is 15.6. The summed E-state index contributed by atoms with van der Waals surface area (Å²) in [5.41, 5.74) is 2.32. The Balaban J connectivity index is 1.50. The van der Waals surface area contributed by atoms with Crippen LogP contribution in [0.4, 0.5) is 0 Å². The van der Waals surface area contributed by atoms with Gasteiger partial charge in [0.05, 0.1) is 6.42 Å². The number of nitrogens with zero attached hydrogens (tertiary/aromatic N) is 3. The van der Waals surface area contributed by atoms with Crippen LogP contribution in [-0.4, -0.2) is 46.9 Å². The molecule has 0 N–H and O–H groups in total. The maximum atomic E-state index is 12.5. The average molecular weight is 374 g/mol. The second-order valence-corrected chi connectivity index (χ2v) is 6.63. The lowest BCUT2D eigenvalue weighted by Crippen LogP contribution is -2.48. The fraction of sp³-hybridized carbons (Fsp3) is 0.333. The smallest absolute Gasteiger partial charge is 0.227 e. The topological polar surface area (TPSA) is 36.4 Å². The summed E-state index contributed by atoms with van der Waals surface area (Å²) in [5, 5.41) is 0. The number of pyridine rings is 1. The molecule has 1 aromatic heterocycles. The van der Waals surface area contributed by atoms with Gasteiger partial charge in [-0.3, -0.25) is 14.7 Å². The van der Waals surface area contributed by atoms with Crippen molar-refractivity contribution in [2.75, 3.05) is 26.2 Å². The molecule has 2 aromatic rings. The summed E-state index contributed by atoms with van der Waals surface area (Å²) in [6.07, 6.45) is 4.12. The third-order valence-electron chi connectivity index (χ3n) is 4.18. The Morgan fingerprint density at radius 1 is 1.04 bits per heavy atom. The summed E-state index contributed by atoms with van der Waals surface area (Å²) in [6.45, 7) is 4.37. The zero-order valence-electron chi connectivity index (χ0n) is 13.0. The van der Waals surface area contributed by atoms with Crippen LogP contribution in [0.1, 0.15) is 11.1 Å². The fourth-order valence-corrected chi connectivity index (χ4v) is 3.24. The number of hydrogen-bond donors (Lipinski definition) is 0. The molecule has 1 fully saturated rings. The van der Waals surface area contributed by atoms with E-state index in [9.17, 15) is 4.79 Å². The number of aromatic nitrogens is 1. The summed E-state index contributed by atoms with van der Waals surface area (Å²) in [6, 6.07) is 12.0. The number of amides is 1. The third kappa shape index (κ3) is 4.39. The van der Waals surface area contributed by atoms with Gasteiger partial charge >= 0.3 is 0 Å². The molecular formula is C18H20BrN3O. The van der Waals surface area contributed by atoms with Gasteiger partial charge in [0.25, 0.3) is 0 Å². The molecule has 1 aliphatic rings. The lowest BCUT2D eigenvalue weighted by Gasteiger charge is -2.34. The number of hydrogen-bond acceptors (Lipinski definition) is 3. The number of carbonyl (C=O) groups excluding carboxylic acids is 1. The lowest BCUT2D eigenvalue weighted by molar-refractivity contribution is -0.132. The Hall–Kier alpha value is -1.72. The summed E-state index contributed by atoms with van der Waals surface area (Å²) < 4.78 is 1.00. The van der Waals surface area contributed by atoms with Crippen molar-refractivity contribution in [3.05, 3.63) is 64.4 Å². The Labute approximate surface area is 145 Å². The van der Waals surface area contributed by atoms with Crippen molar-refractivity contribution >= 4 is 21.8 Å². The van der Waals surface area contributed by atoms with E-state index in [1.165, 1.54) is 5.56 Å². The van der Waals surface area contributed by atoms with Gasteiger partial charge < -0.3 is 4.90 Å². The zero-order chi connectivity index (χ0) is 16.1. The molecule has 1 aromatic carbocycles.